The molecule has 0 aromatic heterocycles. The summed E-state index contributed by atoms with van der Waals surface area (Å²) in [5.74, 6) is -3.54. The Kier molecular flexibility index (Phi) is 3.50. The van der Waals surface area contributed by atoms with Crippen LogP contribution >= 0.6 is 0 Å². The number of nitrogens with zero attached hydrogens (tertiary/aromatic N) is 3. The molecule has 6 rings (SSSR count). The van der Waals surface area contributed by atoms with E-state index in [9.17, 15) is 28.8 Å². The second kappa shape index (κ2) is 5.76. The van der Waals surface area contributed by atoms with E-state index in [1.807, 2.05) is 0 Å². The van der Waals surface area contributed by atoms with E-state index >= 15 is 0 Å². The molecule has 8 bridgehead atoms. The summed E-state index contributed by atoms with van der Waals surface area (Å²) < 4.78 is 0. The van der Waals surface area contributed by atoms with E-state index in [0.717, 1.165) is 0 Å². The molecule has 5 atom stereocenters. The summed E-state index contributed by atoms with van der Waals surface area (Å²) >= 11 is 0. The van der Waals surface area contributed by atoms with Crippen LogP contribution in [-0.4, -0.2) is 68.3 Å². The van der Waals surface area contributed by atoms with Crippen LogP contribution < -0.4 is 0 Å². The maximum absolute atomic E-state index is 13.3. The van der Waals surface area contributed by atoms with E-state index in [1.54, 1.807) is 6.92 Å². The SMILES string of the molecule is CC1C2C3C1N1C(=O)CC(CC(CC4CC(=O)N2C4=O)CC2CC(=O)N3C2=O)C1=O. The van der Waals surface area contributed by atoms with Crippen LogP contribution in [0.15, 0.2) is 0 Å². The summed E-state index contributed by atoms with van der Waals surface area (Å²) in [5.41, 5.74) is 0. The van der Waals surface area contributed by atoms with Gasteiger partial charge in [-0.15, -0.1) is 0 Å². The summed E-state index contributed by atoms with van der Waals surface area (Å²) in [4.78, 5) is 82.0. The first-order valence-corrected chi connectivity index (χ1v) is 10.9. The fraction of sp³-hybridized carbons (Fsp3) is 0.714. The number of hydrogen-bond donors (Lipinski definition) is 0. The Bertz CT molecular complexity index is 893. The number of fused-ring (bicyclic) bond motifs is 7. The van der Waals surface area contributed by atoms with Crippen LogP contribution in [0.5, 0.6) is 0 Å². The van der Waals surface area contributed by atoms with Gasteiger partial charge in [0.25, 0.3) is 0 Å². The van der Waals surface area contributed by atoms with E-state index in [4.69, 9.17) is 0 Å². The summed E-state index contributed by atoms with van der Waals surface area (Å²) in [6, 6.07) is -2.19. The third-order valence-corrected chi connectivity index (χ3v) is 8.35. The van der Waals surface area contributed by atoms with Crippen LogP contribution in [0.4, 0.5) is 0 Å². The highest BCUT2D eigenvalue weighted by molar-refractivity contribution is 6.08. The molecule has 6 fully saturated rings. The monoisotopic (exact) mass is 413 g/mol. The number of hydrogen-bond acceptors (Lipinski definition) is 6. The largest absolute Gasteiger partial charge is 0.277 e. The highest BCUT2D eigenvalue weighted by atomic mass is 16.2. The molecule has 9 heteroatoms. The van der Waals surface area contributed by atoms with Crippen molar-refractivity contribution in [2.24, 2.45) is 29.6 Å². The summed E-state index contributed by atoms with van der Waals surface area (Å²) in [6.07, 6.45) is 1.64. The minimum absolute atomic E-state index is 0.124. The molecule has 158 valence electrons. The third kappa shape index (κ3) is 2.08. The lowest BCUT2D eigenvalue weighted by atomic mass is 9.68. The van der Waals surface area contributed by atoms with E-state index in [-0.39, 0.29) is 66.5 Å². The first-order chi connectivity index (χ1) is 14.3. The average Bonchev–Trinajstić information content (AvgIpc) is 3.21. The standard InChI is InChI=1S/C21H23N3O6/c1-8-16-18-17(8)23-14(26)6-11(20(23)29)3-9(2-10-5-13(25)22(16)19(10)28)4-12-7-15(27)24(18)21(12)30/h8-12,16-18H,2-7H2,1H3. The number of imide groups is 3. The molecule has 6 amide bonds. The molecule has 0 aromatic carbocycles. The van der Waals surface area contributed by atoms with Crippen LogP contribution in [0, 0.1) is 29.6 Å². The van der Waals surface area contributed by atoms with Crippen molar-refractivity contribution in [2.75, 3.05) is 0 Å². The van der Waals surface area contributed by atoms with Crippen LogP contribution in [0.1, 0.15) is 45.4 Å². The second-order valence-electron chi connectivity index (χ2n) is 9.91. The topological polar surface area (TPSA) is 112 Å². The van der Waals surface area contributed by atoms with E-state index < -0.39 is 35.9 Å². The molecule has 5 saturated heterocycles. The van der Waals surface area contributed by atoms with Gasteiger partial charge in [-0.3, -0.25) is 43.5 Å². The van der Waals surface area contributed by atoms with Crippen LogP contribution in [0.3, 0.4) is 0 Å². The number of carbonyl (C=O) groups is 6. The van der Waals surface area contributed by atoms with Crippen LogP contribution in [0.25, 0.3) is 0 Å². The van der Waals surface area contributed by atoms with Crippen molar-refractivity contribution in [1.29, 1.82) is 0 Å². The van der Waals surface area contributed by atoms with Gasteiger partial charge in [0, 0.05) is 42.9 Å². The summed E-state index contributed by atoms with van der Waals surface area (Å²) in [5, 5.41) is 0. The quantitative estimate of drug-likeness (QED) is 0.503. The summed E-state index contributed by atoms with van der Waals surface area (Å²) in [7, 11) is 0. The van der Waals surface area contributed by atoms with Crippen LogP contribution in [0.2, 0.25) is 0 Å². The molecule has 0 aromatic rings. The molecule has 0 spiro atoms. The number of carbonyl (C=O) groups excluding carboxylic acids is 6. The molecule has 5 aliphatic heterocycles. The Hall–Kier alpha value is -2.58. The predicted molar refractivity (Wildman–Crippen MR) is 97.7 cm³/mol. The average molecular weight is 413 g/mol. The lowest BCUT2D eigenvalue weighted by molar-refractivity contribution is -0.174. The lowest BCUT2D eigenvalue weighted by Gasteiger charge is -2.57. The smallest absolute Gasteiger partial charge is 0.233 e. The number of amides is 6. The maximum Gasteiger partial charge on any atom is 0.233 e. The van der Waals surface area contributed by atoms with Crippen LogP contribution in [-0.2, 0) is 28.8 Å². The molecule has 1 aliphatic carbocycles. The van der Waals surface area contributed by atoms with Crippen molar-refractivity contribution in [3.05, 3.63) is 0 Å². The van der Waals surface area contributed by atoms with Gasteiger partial charge in [0.2, 0.25) is 35.4 Å². The zero-order chi connectivity index (χ0) is 21.1. The Morgan fingerprint density at radius 2 is 0.900 bits per heavy atom. The third-order valence-electron chi connectivity index (χ3n) is 8.35. The molecule has 1 saturated carbocycles. The molecular weight excluding hydrogens is 390 g/mol. The second-order valence-corrected chi connectivity index (χ2v) is 9.91. The van der Waals surface area contributed by atoms with E-state index in [1.165, 1.54) is 14.7 Å². The Labute approximate surface area is 172 Å². The van der Waals surface area contributed by atoms with Crippen molar-refractivity contribution in [1.82, 2.24) is 14.7 Å². The lowest BCUT2D eigenvalue weighted by Crippen LogP contribution is -2.77. The molecular formula is C21H23N3O6. The van der Waals surface area contributed by atoms with Crippen molar-refractivity contribution in [3.63, 3.8) is 0 Å². The molecule has 6 aliphatic rings. The Balaban J connectivity index is 1.57. The fourth-order valence-corrected chi connectivity index (χ4v) is 7.10. The normalized spacial score (nSPS) is 44.9. The first-order valence-electron chi connectivity index (χ1n) is 10.9. The molecule has 5 unspecified atom stereocenters. The van der Waals surface area contributed by atoms with Crippen molar-refractivity contribution >= 4 is 35.4 Å². The predicted octanol–water partition coefficient (Wildman–Crippen LogP) is -0.319. The minimum Gasteiger partial charge on any atom is -0.277 e. The summed E-state index contributed by atoms with van der Waals surface area (Å²) in [6.45, 7) is 1.80. The highest BCUT2D eigenvalue weighted by Gasteiger charge is 2.66. The highest BCUT2D eigenvalue weighted by Crippen LogP contribution is 2.50. The van der Waals surface area contributed by atoms with Crippen molar-refractivity contribution < 1.29 is 28.8 Å². The molecule has 30 heavy (non-hydrogen) atoms. The van der Waals surface area contributed by atoms with Gasteiger partial charge < -0.3 is 0 Å². The number of rotatable bonds is 0. The molecule has 0 radical (unpaired) electrons. The molecule has 0 N–H and O–H groups in total. The van der Waals surface area contributed by atoms with Gasteiger partial charge in [-0.25, -0.2) is 0 Å². The first kappa shape index (κ1) is 18.2. The van der Waals surface area contributed by atoms with Crippen molar-refractivity contribution in [2.45, 2.75) is 63.6 Å². The van der Waals surface area contributed by atoms with Gasteiger partial charge in [0.15, 0.2) is 0 Å². The van der Waals surface area contributed by atoms with Gasteiger partial charge in [0.1, 0.15) is 0 Å². The minimum atomic E-state index is -0.835. The zero-order valence-electron chi connectivity index (χ0n) is 16.7. The van der Waals surface area contributed by atoms with Crippen molar-refractivity contribution in [3.8, 4) is 0 Å². The van der Waals surface area contributed by atoms with E-state index in [2.05, 4.69) is 0 Å². The van der Waals surface area contributed by atoms with Gasteiger partial charge in [-0.2, -0.15) is 0 Å². The Morgan fingerprint density at radius 3 is 1.27 bits per heavy atom. The van der Waals surface area contributed by atoms with Gasteiger partial charge in [0.05, 0.1) is 18.1 Å². The molecule has 5 heterocycles. The molecule has 9 nitrogen and oxygen atoms in total. The van der Waals surface area contributed by atoms with Gasteiger partial charge in [-0.1, -0.05) is 6.92 Å². The Morgan fingerprint density at radius 1 is 0.567 bits per heavy atom. The maximum atomic E-state index is 13.3. The van der Waals surface area contributed by atoms with Gasteiger partial charge >= 0.3 is 0 Å². The fourth-order valence-electron chi connectivity index (χ4n) is 7.10. The zero-order valence-corrected chi connectivity index (χ0v) is 16.7. The van der Waals surface area contributed by atoms with E-state index in [0.29, 0.717) is 19.3 Å². The van der Waals surface area contributed by atoms with Gasteiger partial charge in [-0.05, 0) is 25.2 Å².